The minimum atomic E-state index is -3.59. The highest BCUT2D eigenvalue weighted by molar-refractivity contribution is 7.89. The second kappa shape index (κ2) is 8.28. The van der Waals surface area contributed by atoms with Crippen molar-refractivity contribution in [2.24, 2.45) is 0 Å². The molecule has 2 heterocycles. The summed E-state index contributed by atoms with van der Waals surface area (Å²) >= 11 is 0. The molecule has 2 aromatic heterocycles. The largest absolute Gasteiger partial charge is 0.443 e. The Labute approximate surface area is 169 Å². The maximum Gasteiger partial charge on any atom is 0.240 e. The molecule has 2 N–H and O–H groups in total. The summed E-state index contributed by atoms with van der Waals surface area (Å²) in [5.41, 5.74) is 2.77. The van der Waals surface area contributed by atoms with Crippen molar-refractivity contribution in [2.75, 3.05) is 13.1 Å². The smallest absolute Gasteiger partial charge is 0.240 e. The monoisotopic (exact) mass is 410 g/mol. The third kappa shape index (κ3) is 4.61. The van der Waals surface area contributed by atoms with E-state index >= 15 is 0 Å². The summed E-state index contributed by atoms with van der Waals surface area (Å²) in [5.74, 6) is 0. The summed E-state index contributed by atoms with van der Waals surface area (Å²) in [6.45, 7) is 3.11. The number of oxazole rings is 1. The second-order valence-electron chi connectivity index (χ2n) is 7.02. The van der Waals surface area contributed by atoms with Crippen molar-refractivity contribution in [1.29, 1.82) is 0 Å². The van der Waals surface area contributed by atoms with Gasteiger partial charge < -0.3 is 9.73 Å². The zero-order valence-electron chi connectivity index (χ0n) is 16.0. The van der Waals surface area contributed by atoms with Crippen LogP contribution in [0, 0.1) is 0 Å². The Morgan fingerprint density at radius 3 is 2.90 bits per heavy atom. The minimum absolute atomic E-state index is 0.244. The van der Waals surface area contributed by atoms with Gasteiger partial charge in [-0.3, -0.25) is 4.98 Å². The van der Waals surface area contributed by atoms with Crippen molar-refractivity contribution in [3.05, 3.63) is 66.8 Å². The number of aromatic nitrogens is 2. The maximum absolute atomic E-state index is 12.7. The second-order valence-corrected chi connectivity index (χ2v) is 8.73. The van der Waals surface area contributed by atoms with Crippen molar-refractivity contribution < 1.29 is 12.8 Å². The maximum atomic E-state index is 12.7. The molecule has 150 valence electrons. The molecule has 1 atom stereocenters. The fourth-order valence-corrected chi connectivity index (χ4v) is 4.49. The predicted octanol–water partition coefficient (Wildman–Crippen LogP) is 2.88. The third-order valence-corrected chi connectivity index (χ3v) is 6.30. The van der Waals surface area contributed by atoms with Gasteiger partial charge in [-0.2, -0.15) is 0 Å². The molecular formula is C21H22N4O3S. The SMILES string of the molecule is C[C@H](CNCCc1ccc2ocnc2c1)NS(=O)(=O)c1ccc2cnccc2c1. The lowest BCUT2D eigenvalue weighted by atomic mass is 10.1. The van der Waals surface area contributed by atoms with Gasteiger partial charge in [-0.15, -0.1) is 0 Å². The minimum Gasteiger partial charge on any atom is -0.443 e. The van der Waals surface area contributed by atoms with Crippen LogP contribution in [0.15, 0.2) is 70.6 Å². The lowest BCUT2D eigenvalue weighted by Gasteiger charge is -2.15. The van der Waals surface area contributed by atoms with Crippen molar-refractivity contribution in [3.63, 3.8) is 0 Å². The average Bonchev–Trinajstić information content (AvgIpc) is 3.18. The topological polar surface area (TPSA) is 97.1 Å². The number of nitrogens with zero attached hydrogens (tertiary/aromatic N) is 2. The molecule has 0 aliphatic heterocycles. The molecule has 2 aromatic carbocycles. The van der Waals surface area contributed by atoms with E-state index in [1.807, 2.05) is 25.1 Å². The molecule has 0 saturated carbocycles. The average molecular weight is 410 g/mol. The molecule has 0 unspecified atom stereocenters. The Balaban J connectivity index is 1.30. The van der Waals surface area contributed by atoms with E-state index in [4.69, 9.17) is 4.42 Å². The number of hydrogen-bond acceptors (Lipinski definition) is 6. The van der Waals surface area contributed by atoms with Gasteiger partial charge in [0.25, 0.3) is 0 Å². The highest BCUT2D eigenvalue weighted by Gasteiger charge is 2.17. The summed E-state index contributed by atoms with van der Waals surface area (Å²) in [6.07, 6.45) is 5.62. The van der Waals surface area contributed by atoms with Crippen molar-refractivity contribution in [2.45, 2.75) is 24.3 Å². The van der Waals surface area contributed by atoms with Crippen LogP contribution in [0.3, 0.4) is 0 Å². The lowest BCUT2D eigenvalue weighted by molar-refractivity contribution is 0.537. The van der Waals surface area contributed by atoms with E-state index in [-0.39, 0.29) is 10.9 Å². The van der Waals surface area contributed by atoms with Gasteiger partial charge in [0.15, 0.2) is 12.0 Å². The van der Waals surface area contributed by atoms with Gasteiger partial charge in [-0.1, -0.05) is 12.1 Å². The van der Waals surface area contributed by atoms with Crippen LogP contribution in [0.4, 0.5) is 0 Å². The van der Waals surface area contributed by atoms with Gasteiger partial charge >= 0.3 is 0 Å². The quantitative estimate of drug-likeness (QED) is 0.434. The number of hydrogen-bond donors (Lipinski definition) is 2. The zero-order valence-corrected chi connectivity index (χ0v) is 16.8. The van der Waals surface area contributed by atoms with Crippen LogP contribution in [-0.4, -0.2) is 37.5 Å². The third-order valence-electron chi connectivity index (χ3n) is 4.71. The standard InChI is InChI=1S/C21H22N4O3S/c1-15(12-22-8-6-16-2-5-21-20(10-16)24-14-28-21)25-29(26,27)19-4-3-18-13-23-9-7-17(18)11-19/h2-5,7,9-11,13-15,22,25H,6,8,12H2,1H3/t15-/m1/s1. The van der Waals surface area contributed by atoms with Crippen molar-refractivity contribution >= 4 is 31.9 Å². The van der Waals surface area contributed by atoms with Gasteiger partial charge in [0.2, 0.25) is 10.0 Å². The van der Waals surface area contributed by atoms with Gasteiger partial charge in [0.1, 0.15) is 5.52 Å². The summed E-state index contributed by atoms with van der Waals surface area (Å²) in [6, 6.07) is 12.5. The molecule has 0 aliphatic carbocycles. The highest BCUT2D eigenvalue weighted by Crippen LogP contribution is 2.18. The molecule has 29 heavy (non-hydrogen) atoms. The molecule has 4 rings (SSSR count). The van der Waals surface area contributed by atoms with Crippen LogP contribution < -0.4 is 10.0 Å². The Morgan fingerprint density at radius 2 is 2.00 bits per heavy atom. The van der Waals surface area contributed by atoms with Crippen LogP contribution in [-0.2, 0) is 16.4 Å². The molecule has 0 fully saturated rings. The van der Waals surface area contributed by atoms with Gasteiger partial charge in [0, 0.05) is 30.4 Å². The molecule has 7 nitrogen and oxygen atoms in total. The van der Waals surface area contributed by atoms with Crippen LogP contribution in [0.2, 0.25) is 0 Å². The molecule has 0 saturated heterocycles. The van der Waals surface area contributed by atoms with E-state index in [0.29, 0.717) is 6.54 Å². The van der Waals surface area contributed by atoms with Crippen molar-refractivity contribution in [3.8, 4) is 0 Å². The fourth-order valence-electron chi connectivity index (χ4n) is 3.21. The van der Waals surface area contributed by atoms with Crippen LogP contribution in [0.25, 0.3) is 21.9 Å². The summed E-state index contributed by atoms with van der Waals surface area (Å²) in [5, 5.41) is 5.05. The predicted molar refractivity (Wildman–Crippen MR) is 112 cm³/mol. The first-order valence-electron chi connectivity index (χ1n) is 9.40. The molecule has 8 heteroatoms. The zero-order chi connectivity index (χ0) is 20.3. The Kier molecular flexibility index (Phi) is 5.57. The van der Waals surface area contributed by atoms with Crippen molar-refractivity contribution in [1.82, 2.24) is 20.0 Å². The molecule has 0 aliphatic rings. The number of fused-ring (bicyclic) bond motifs is 2. The number of sulfonamides is 1. The molecule has 0 amide bonds. The summed E-state index contributed by atoms with van der Waals surface area (Å²) in [4.78, 5) is 8.46. The molecular weight excluding hydrogens is 388 g/mol. The van der Waals surface area contributed by atoms with E-state index in [2.05, 4.69) is 20.0 Å². The highest BCUT2D eigenvalue weighted by atomic mass is 32.2. The van der Waals surface area contributed by atoms with Gasteiger partial charge in [-0.25, -0.2) is 18.1 Å². The summed E-state index contributed by atoms with van der Waals surface area (Å²) in [7, 11) is -3.59. The normalized spacial score (nSPS) is 13.1. The number of nitrogens with one attached hydrogen (secondary N) is 2. The van der Waals surface area contributed by atoms with E-state index in [1.54, 1.807) is 36.7 Å². The van der Waals surface area contributed by atoms with E-state index < -0.39 is 10.0 Å². The molecule has 4 aromatic rings. The first kappa shape index (κ1) is 19.5. The number of rotatable bonds is 8. The van der Waals surface area contributed by atoms with Gasteiger partial charge in [-0.05, 0) is 61.2 Å². The molecule has 0 bridgehead atoms. The van der Waals surface area contributed by atoms with Gasteiger partial charge in [0.05, 0.1) is 4.90 Å². The molecule has 0 spiro atoms. The fraction of sp³-hybridized carbons (Fsp3) is 0.238. The molecule has 0 radical (unpaired) electrons. The van der Waals surface area contributed by atoms with E-state index in [0.717, 1.165) is 40.4 Å². The van der Waals surface area contributed by atoms with Crippen LogP contribution in [0.5, 0.6) is 0 Å². The van der Waals surface area contributed by atoms with Crippen LogP contribution >= 0.6 is 0 Å². The number of pyridine rings is 1. The van der Waals surface area contributed by atoms with E-state index in [9.17, 15) is 8.42 Å². The first-order valence-corrected chi connectivity index (χ1v) is 10.9. The Bertz CT molecular complexity index is 1240. The summed E-state index contributed by atoms with van der Waals surface area (Å²) < 4.78 is 33.3. The first-order chi connectivity index (χ1) is 14.0. The van der Waals surface area contributed by atoms with E-state index in [1.165, 1.54) is 6.39 Å². The Hall–Kier alpha value is -2.81. The number of benzene rings is 2. The van der Waals surface area contributed by atoms with Crippen LogP contribution in [0.1, 0.15) is 12.5 Å². The Morgan fingerprint density at radius 1 is 1.10 bits per heavy atom. The lowest BCUT2D eigenvalue weighted by Crippen LogP contribution is -2.40.